The number of likely N-dealkylation sites (tertiary alicyclic amines) is 1. The summed E-state index contributed by atoms with van der Waals surface area (Å²) in [5.74, 6) is -0.0230. The minimum absolute atomic E-state index is 0.0230. The number of amides is 1. The molecular weight excluding hydrogens is 376 g/mol. The zero-order chi connectivity index (χ0) is 20.8. The van der Waals surface area contributed by atoms with Crippen molar-refractivity contribution in [2.75, 3.05) is 19.7 Å². The minimum Gasteiger partial charge on any atom is -0.395 e. The van der Waals surface area contributed by atoms with E-state index in [1.54, 1.807) is 0 Å². The van der Waals surface area contributed by atoms with Crippen molar-refractivity contribution in [3.05, 3.63) is 78.0 Å². The Labute approximate surface area is 177 Å². The van der Waals surface area contributed by atoms with Gasteiger partial charge in [-0.1, -0.05) is 60.7 Å². The van der Waals surface area contributed by atoms with Gasteiger partial charge in [0.2, 0.25) is 5.91 Å². The summed E-state index contributed by atoms with van der Waals surface area (Å²) < 4.78 is 1.93. The number of carbonyl (C=O) groups excluding carboxylic acids is 1. The maximum absolute atomic E-state index is 12.5. The standard InChI is InChI=1S/C24H28N4O2/c29-18-22-12-7-13-27(22)17-23(30)25-14-21-16-28(15-19-8-3-1-4-9-19)26-24(21)20-10-5-2-6-11-20/h1-6,8-11,16,22,29H,7,12-15,17-18H2,(H,25,30)/t22-/m1/s1. The maximum atomic E-state index is 12.5. The highest BCUT2D eigenvalue weighted by atomic mass is 16.3. The third kappa shape index (κ3) is 4.96. The van der Waals surface area contributed by atoms with Crippen molar-refractivity contribution < 1.29 is 9.90 Å². The molecule has 1 saturated heterocycles. The first-order valence-corrected chi connectivity index (χ1v) is 10.5. The van der Waals surface area contributed by atoms with Crippen LogP contribution in [0.5, 0.6) is 0 Å². The molecule has 0 aliphatic carbocycles. The molecule has 2 aromatic carbocycles. The summed E-state index contributed by atoms with van der Waals surface area (Å²) in [6.45, 7) is 2.40. The number of nitrogens with zero attached hydrogens (tertiary/aromatic N) is 3. The van der Waals surface area contributed by atoms with Crippen LogP contribution in [0.4, 0.5) is 0 Å². The van der Waals surface area contributed by atoms with Gasteiger partial charge < -0.3 is 10.4 Å². The zero-order valence-electron chi connectivity index (χ0n) is 17.1. The van der Waals surface area contributed by atoms with Crippen molar-refractivity contribution in [3.8, 4) is 11.3 Å². The number of hydrogen-bond acceptors (Lipinski definition) is 4. The molecule has 3 aromatic rings. The van der Waals surface area contributed by atoms with Gasteiger partial charge >= 0.3 is 0 Å². The Hall–Kier alpha value is -2.96. The van der Waals surface area contributed by atoms with Crippen LogP contribution in [0.25, 0.3) is 11.3 Å². The Morgan fingerprint density at radius 1 is 1.10 bits per heavy atom. The van der Waals surface area contributed by atoms with E-state index in [9.17, 15) is 9.90 Å². The van der Waals surface area contributed by atoms with Crippen LogP contribution in [0.3, 0.4) is 0 Å². The Morgan fingerprint density at radius 2 is 1.83 bits per heavy atom. The van der Waals surface area contributed by atoms with Crippen LogP contribution in [0.1, 0.15) is 24.0 Å². The average molecular weight is 405 g/mol. The first-order chi connectivity index (χ1) is 14.7. The molecule has 30 heavy (non-hydrogen) atoms. The average Bonchev–Trinajstić information content (AvgIpc) is 3.40. The van der Waals surface area contributed by atoms with Gasteiger partial charge in [0, 0.05) is 29.9 Å². The topological polar surface area (TPSA) is 70.4 Å². The third-order valence-corrected chi connectivity index (χ3v) is 5.60. The molecule has 1 aliphatic heterocycles. The third-order valence-electron chi connectivity index (χ3n) is 5.60. The van der Waals surface area contributed by atoms with Crippen LogP contribution >= 0.6 is 0 Å². The van der Waals surface area contributed by atoms with Gasteiger partial charge in [-0.05, 0) is 24.9 Å². The van der Waals surface area contributed by atoms with Crippen molar-refractivity contribution in [2.24, 2.45) is 0 Å². The van der Waals surface area contributed by atoms with Gasteiger partial charge in [0.05, 0.1) is 25.4 Å². The monoisotopic (exact) mass is 404 g/mol. The summed E-state index contributed by atoms with van der Waals surface area (Å²) in [5, 5.41) is 17.3. The molecule has 0 saturated carbocycles. The number of aromatic nitrogens is 2. The second-order valence-corrected chi connectivity index (χ2v) is 7.78. The molecule has 0 spiro atoms. The molecule has 1 amide bonds. The van der Waals surface area contributed by atoms with Crippen LogP contribution in [0.2, 0.25) is 0 Å². The minimum atomic E-state index is -0.0230. The lowest BCUT2D eigenvalue weighted by molar-refractivity contribution is -0.122. The Bertz CT molecular complexity index is 956. The van der Waals surface area contributed by atoms with E-state index in [0.717, 1.165) is 36.2 Å². The van der Waals surface area contributed by atoms with E-state index >= 15 is 0 Å². The first kappa shape index (κ1) is 20.3. The number of rotatable bonds is 8. The molecule has 6 heteroatoms. The summed E-state index contributed by atoms with van der Waals surface area (Å²) in [6.07, 6.45) is 4.00. The second kappa shape index (κ2) is 9.69. The second-order valence-electron chi connectivity index (χ2n) is 7.78. The van der Waals surface area contributed by atoms with Crippen molar-refractivity contribution in [1.29, 1.82) is 0 Å². The molecule has 1 fully saturated rings. The van der Waals surface area contributed by atoms with E-state index in [2.05, 4.69) is 22.3 Å². The molecule has 6 nitrogen and oxygen atoms in total. The summed E-state index contributed by atoms with van der Waals surface area (Å²) >= 11 is 0. The maximum Gasteiger partial charge on any atom is 0.234 e. The molecule has 156 valence electrons. The van der Waals surface area contributed by atoms with Crippen LogP contribution in [0, 0.1) is 0 Å². The van der Waals surface area contributed by atoms with Crippen molar-refractivity contribution >= 4 is 5.91 Å². The fourth-order valence-electron chi connectivity index (χ4n) is 4.03. The smallest absolute Gasteiger partial charge is 0.234 e. The number of carbonyl (C=O) groups is 1. The number of benzene rings is 2. The fourth-order valence-corrected chi connectivity index (χ4v) is 4.03. The Morgan fingerprint density at radius 3 is 2.57 bits per heavy atom. The van der Waals surface area contributed by atoms with E-state index in [1.807, 2.05) is 59.4 Å². The quantitative estimate of drug-likeness (QED) is 0.606. The van der Waals surface area contributed by atoms with Gasteiger partial charge in [-0.2, -0.15) is 5.10 Å². The van der Waals surface area contributed by atoms with Crippen molar-refractivity contribution in [2.45, 2.75) is 32.0 Å². The summed E-state index contributed by atoms with van der Waals surface area (Å²) in [6, 6.07) is 20.4. The van der Waals surface area contributed by atoms with E-state index < -0.39 is 0 Å². The van der Waals surface area contributed by atoms with Crippen LogP contribution in [-0.2, 0) is 17.9 Å². The SMILES string of the molecule is O=C(CN1CCC[C@@H]1CO)NCc1cn(Cc2ccccc2)nc1-c1ccccc1. The predicted molar refractivity (Wildman–Crippen MR) is 117 cm³/mol. The summed E-state index contributed by atoms with van der Waals surface area (Å²) in [7, 11) is 0. The lowest BCUT2D eigenvalue weighted by Gasteiger charge is -2.21. The van der Waals surface area contributed by atoms with Gasteiger partial charge in [0.1, 0.15) is 0 Å². The molecule has 0 bridgehead atoms. The molecule has 1 aliphatic rings. The Balaban J connectivity index is 1.47. The molecule has 1 atom stereocenters. The molecule has 4 rings (SSSR count). The molecule has 2 N–H and O–H groups in total. The lowest BCUT2D eigenvalue weighted by Crippen LogP contribution is -2.40. The van der Waals surface area contributed by atoms with Crippen LogP contribution in [0.15, 0.2) is 66.9 Å². The molecular formula is C24H28N4O2. The van der Waals surface area contributed by atoms with E-state index in [4.69, 9.17) is 5.10 Å². The molecule has 1 aromatic heterocycles. The summed E-state index contributed by atoms with van der Waals surface area (Å²) in [4.78, 5) is 14.6. The largest absolute Gasteiger partial charge is 0.395 e. The van der Waals surface area contributed by atoms with E-state index in [-0.39, 0.29) is 18.6 Å². The highest BCUT2D eigenvalue weighted by molar-refractivity contribution is 5.78. The van der Waals surface area contributed by atoms with Crippen molar-refractivity contribution in [1.82, 2.24) is 20.0 Å². The van der Waals surface area contributed by atoms with Gasteiger partial charge in [0.25, 0.3) is 0 Å². The van der Waals surface area contributed by atoms with Gasteiger partial charge in [-0.25, -0.2) is 0 Å². The number of aliphatic hydroxyl groups is 1. The van der Waals surface area contributed by atoms with E-state index in [1.165, 1.54) is 5.56 Å². The fraction of sp³-hybridized carbons (Fsp3) is 0.333. The van der Waals surface area contributed by atoms with Crippen molar-refractivity contribution in [3.63, 3.8) is 0 Å². The van der Waals surface area contributed by atoms with Gasteiger partial charge in [-0.3, -0.25) is 14.4 Å². The first-order valence-electron chi connectivity index (χ1n) is 10.5. The number of aliphatic hydroxyl groups excluding tert-OH is 1. The van der Waals surface area contributed by atoms with Gasteiger partial charge in [0.15, 0.2) is 0 Å². The summed E-state index contributed by atoms with van der Waals surface area (Å²) in [5.41, 5.74) is 4.10. The zero-order valence-corrected chi connectivity index (χ0v) is 17.1. The molecule has 0 radical (unpaired) electrons. The Kier molecular flexibility index (Phi) is 6.57. The van der Waals surface area contributed by atoms with E-state index in [0.29, 0.717) is 19.6 Å². The lowest BCUT2D eigenvalue weighted by atomic mass is 10.1. The predicted octanol–water partition coefficient (Wildman–Crippen LogP) is 2.67. The normalized spacial score (nSPS) is 16.6. The van der Waals surface area contributed by atoms with Gasteiger partial charge in [-0.15, -0.1) is 0 Å². The van der Waals surface area contributed by atoms with Crippen LogP contribution in [-0.4, -0.2) is 51.4 Å². The van der Waals surface area contributed by atoms with Crippen LogP contribution < -0.4 is 5.32 Å². The number of nitrogens with one attached hydrogen (secondary N) is 1. The highest BCUT2D eigenvalue weighted by Crippen LogP contribution is 2.22. The molecule has 0 unspecified atom stereocenters. The highest BCUT2D eigenvalue weighted by Gasteiger charge is 2.25. The molecule has 2 heterocycles. The number of hydrogen-bond donors (Lipinski definition) is 2.